The van der Waals surface area contributed by atoms with Crippen molar-refractivity contribution in [1.29, 1.82) is 0 Å². The van der Waals surface area contributed by atoms with Crippen LogP contribution in [0.25, 0.3) is 0 Å². The summed E-state index contributed by atoms with van der Waals surface area (Å²) in [5.41, 5.74) is 1.47. The molecule has 1 aliphatic carbocycles. The predicted octanol–water partition coefficient (Wildman–Crippen LogP) is 6.66. The van der Waals surface area contributed by atoms with E-state index in [1.165, 1.54) is 31.3 Å². The minimum absolute atomic E-state index is 0.238. The zero-order valence-electron chi connectivity index (χ0n) is 17.2. The second kappa shape index (κ2) is 9.33. The summed E-state index contributed by atoms with van der Waals surface area (Å²) in [6.45, 7) is 15.6. The molecule has 0 amide bonds. The lowest BCUT2D eigenvalue weighted by molar-refractivity contribution is -0.120. The first-order chi connectivity index (χ1) is 11.1. The van der Waals surface area contributed by atoms with E-state index in [1.807, 2.05) is 0 Å². The fourth-order valence-electron chi connectivity index (χ4n) is 3.13. The largest absolute Gasteiger partial charge is 0.410 e. The third kappa shape index (κ3) is 6.48. The van der Waals surface area contributed by atoms with Gasteiger partial charge in [0.05, 0.1) is 6.10 Å². The summed E-state index contributed by atoms with van der Waals surface area (Å²) >= 11 is 0. The van der Waals surface area contributed by atoms with Crippen LogP contribution in [0.2, 0.25) is 18.1 Å². The molecule has 0 unspecified atom stereocenters. The van der Waals surface area contributed by atoms with Gasteiger partial charge < -0.3 is 4.43 Å². The van der Waals surface area contributed by atoms with Crippen LogP contribution in [-0.4, -0.2) is 20.2 Å². The average molecular weight is 353 g/mol. The maximum absolute atomic E-state index is 11.6. The average Bonchev–Trinajstić information content (AvgIpc) is 2.49. The Morgan fingerprint density at radius 1 is 1.29 bits per heavy atom. The van der Waals surface area contributed by atoms with Gasteiger partial charge in [0.2, 0.25) is 0 Å². The van der Waals surface area contributed by atoms with E-state index in [2.05, 4.69) is 46.9 Å². The highest BCUT2D eigenvalue weighted by Crippen LogP contribution is 2.40. The maximum atomic E-state index is 11.6. The molecule has 0 aliphatic heterocycles. The fourth-order valence-corrected chi connectivity index (χ4v) is 4.46. The lowest BCUT2D eigenvalue weighted by atomic mass is 9.84. The van der Waals surface area contributed by atoms with Crippen molar-refractivity contribution in [2.75, 3.05) is 0 Å². The van der Waals surface area contributed by atoms with E-state index in [0.29, 0.717) is 5.78 Å². The minimum Gasteiger partial charge on any atom is -0.410 e. The number of ketones is 1. The van der Waals surface area contributed by atoms with Crippen LogP contribution in [0.15, 0.2) is 11.6 Å². The topological polar surface area (TPSA) is 26.3 Å². The van der Waals surface area contributed by atoms with E-state index in [-0.39, 0.29) is 17.1 Å². The van der Waals surface area contributed by atoms with Gasteiger partial charge in [-0.05, 0) is 56.3 Å². The molecule has 0 aromatic rings. The standard InChI is InChI=1S/C21H40O2Si/c1-8-9-10-11-12-20(23-24(6,7)21(3,4)5)19-15-13-18(14-16-19)17(2)22/h15,18,20H,8-14,16H2,1-7H3/t18-,20-/m0/s1. The van der Waals surface area contributed by atoms with Gasteiger partial charge in [-0.1, -0.05) is 59.5 Å². The third-order valence-corrected chi connectivity index (χ3v) is 10.5. The fraction of sp³-hybridized carbons (Fsp3) is 0.857. The summed E-state index contributed by atoms with van der Waals surface area (Å²) in [6, 6.07) is 0. The second-order valence-electron chi connectivity index (χ2n) is 9.08. The molecule has 0 N–H and O–H groups in total. The van der Waals surface area contributed by atoms with Crippen LogP contribution in [0.3, 0.4) is 0 Å². The van der Waals surface area contributed by atoms with E-state index in [1.54, 1.807) is 6.92 Å². The number of hydrogen-bond donors (Lipinski definition) is 0. The highest BCUT2D eigenvalue weighted by atomic mass is 28.4. The molecule has 0 radical (unpaired) electrons. The summed E-state index contributed by atoms with van der Waals surface area (Å²) in [6.07, 6.45) is 11.8. The van der Waals surface area contributed by atoms with E-state index in [4.69, 9.17) is 4.43 Å². The molecular formula is C21H40O2Si. The second-order valence-corrected chi connectivity index (χ2v) is 13.8. The number of Topliss-reactive ketones (excluding diaryl/α,β-unsaturated/α-hetero) is 1. The zero-order valence-corrected chi connectivity index (χ0v) is 18.2. The molecule has 0 aromatic heterocycles. The van der Waals surface area contributed by atoms with Crippen molar-refractivity contribution in [1.82, 2.24) is 0 Å². The van der Waals surface area contributed by atoms with Crippen molar-refractivity contribution in [3.63, 3.8) is 0 Å². The number of carbonyl (C=O) groups is 1. The van der Waals surface area contributed by atoms with Gasteiger partial charge in [-0.2, -0.15) is 0 Å². The van der Waals surface area contributed by atoms with Gasteiger partial charge in [0, 0.05) is 5.92 Å². The van der Waals surface area contributed by atoms with Crippen LogP contribution < -0.4 is 0 Å². The molecule has 140 valence electrons. The molecule has 0 saturated carbocycles. The van der Waals surface area contributed by atoms with Crippen molar-refractivity contribution in [3.05, 3.63) is 11.6 Å². The molecule has 0 fully saturated rings. The highest BCUT2D eigenvalue weighted by Gasteiger charge is 2.40. The van der Waals surface area contributed by atoms with E-state index >= 15 is 0 Å². The molecule has 0 aromatic carbocycles. The van der Waals surface area contributed by atoms with Crippen molar-refractivity contribution in [2.45, 2.75) is 110 Å². The Balaban J connectivity index is 2.80. The maximum Gasteiger partial charge on any atom is 0.192 e. The predicted molar refractivity (Wildman–Crippen MR) is 107 cm³/mol. The number of unbranched alkanes of at least 4 members (excludes halogenated alkanes) is 3. The molecule has 0 heterocycles. The molecule has 0 saturated heterocycles. The summed E-state index contributed by atoms with van der Waals surface area (Å²) < 4.78 is 6.80. The van der Waals surface area contributed by atoms with E-state index in [0.717, 1.165) is 25.7 Å². The van der Waals surface area contributed by atoms with E-state index < -0.39 is 8.32 Å². The number of hydrogen-bond acceptors (Lipinski definition) is 2. The monoisotopic (exact) mass is 352 g/mol. The van der Waals surface area contributed by atoms with Crippen LogP contribution in [0.5, 0.6) is 0 Å². The SMILES string of the molecule is CCCCCC[C@H](O[Si](C)(C)C(C)(C)C)C1=CC[C@H](C(C)=O)CC1. The van der Waals surface area contributed by atoms with Gasteiger partial charge in [0.1, 0.15) is 5.78 Å². The Kier molecular flexibility index (Phi) is 8.41. The van der Waals surface area contributed by atoms with Crippen molar-refractivity contribution in [2.24, 2.45) is 5.92 Å². The first-order valence-corrected chi connectivity index (χ1v) is 12.9. The van der Waals surface area contributed by atoms with Crippen molar-refractivity contribution in [3.8, 4) is 0 Å². The summed E-state index contributed by atoms with van der Waals surface area (Å²) in [5, 5.41) is 0.242. The molecule has 24 heavy (non-hydrogen) atoms. The molecule has 0 bridgehead atoms. The van der Waals surface area contributed by atoms with Crippen LogP contribution in [0.1, 0.15) is 86.0 Å². The van der Waals surface area contributed by atoms with Crippen molar-refractivity contribution >= 4 is 14.1 Å². The summed E-state index contributed by atoms with van der Waals surface area (Å²) in [4.78, 5) is 11.6. The van der Waals surface area contributed by atoms with Gasteiger partial charge in [-0.15, -0.1) is 0 Å². The molecule has 1 rings (SSSR count). The lowest BCUT2D eigenvalue weighted by Crippen LogP contribution is -2.44. The molecule has 1 aliphatic rings. The van der Waals surface area contributed by atoms with E-state index in [9.17, 15) is 4.79 Å². The third-order valence-electron chi connectivity index (χ3n) is 6.00. The van der Waals surface area contributed by atoms with Gasteiger partial charge in [0.25, 0.3) is 0 Å². The van der Waals surface area contributed by atoms with Crippen LogP contribution >= 0.6 is 0 Å². The molecule has 3 heteroatoms. The number of rotatable bonds is 9. The van der Waals surface area contributed by atoms with Crippen molar-refractivity contribution < 1.29 is 9.22 Å². The Morgan fingerprint density at radius 3 is 2.42 bits per heavy atom. The van der Waals surface area contributed by atoms with Gasteiger partial charge >= 0.3 is 0 Å². The Bertz CT molecular complexity index is 432. The molecule has 2 nitrogen and oxygen atoms in total. The zero-order chi connectivity index (χ0) is 18.4. The quantitative estimate of drug-likeness (QED) is 0.263. The van der Waals surface area contributed by atoms with Gasteiger partial charge in [-0.25, -0.2) is 0 Å². The Hall–Kier alpha value is -0.413. The Labute approximate surface area is 151 Å². The smallest absolute Gasteiger partial charge is 0.192 e. The minimum atomic E-state index is -1.77. The normalized spacial score (nSPS) is 20.6. The first kappa shape index (κ1) is 21.6. The summed E-state index contributed by atoms with van der Waals surface area (Å²) in [5.74, 6) is 0.581. The van der Waals surface area contributed by atoms with Crippen LogP contribution in [0, 0.1) is 5.92 Å². The molecule has 2 atom stereocenters. The van der Waals surface area contributed by atoms with Crippen LogP contribution in [0.4, 0.5) is 0 Å². The summed E-state index contributed by atoms with van der Waals surface area (Å²) in [7, 11) is -1.77. The lowest BCUT2D eigenvalue weighted by Gasteiger charge is -2.40. The molecule has 0 spiro atoms. The molecular weight excluding hydrogens is 312 g/mol. The van der Waals surface area contributed by atoms with Gasteiger partial charge in [0.15, 0.2) is 8.32 Å². The van der Waals surface area contributed by atoms with Crippen LogP contribution in [-0.2, 0) is 9.22 Å². The first-order valence-electron chi connectivity index (χ1n) is 9.95. The number of carbonyl (C=O) groups excluding carboxylic acids is 1. The highest BCUT2D eigenvalue weighted by molar-refractivity contribution is 6.74. The Morgan fingerprint density at radius 2 is 1.96 bits per heavy atom. The van der Waals surface area contributed by atoms with Gasteiger partial charge in [-0.3, -0.25) is 4.79 Å². The number of allylic oxidation sites excluding steroid dienone is 1.